The Bertz CT molecular complexity index is 600. The van der Waals surface area contributed by atoms with Crippen LogP contribution in [-0.4, -0.2) is 26.3 Å². The standard InChI is InChI=1S/C10H12BrN3O2/c1-5-7(3-4-15)10(16)14-9(12-5)8(11)6(2)13-14/h13,15H,3-4H2,1-2H3. The number of halogens is 1. The lowest BCUT2D eigenvalue weighted by atomic mass is 10.2. The van der Waals surface area contributed by atoms with Crippen LogP contribution < -0.4 is 5.56 Å². The van der Waals surface area contributed by atoms with Gasteiger partial charge in [-0.05, 0) is 29.8 Å². The fourth-order valence-electron chi connectivity index (χ4n) is 1.70. The Kier molecular flexibility index (Phi) is 2.86. The van der Waals surface area contributed by atoms with E-state index in [0.717, 1.165) is 10.2 Å². The summed E-state index contributed by atoms with van der Waals surface area (Å²) in [6, 6.07) is 0. The second-order valence-electron chi connectivity index (χ2n) is 3.66. The molecule has 2 heterocycles. The number of aliphatic hydroxyl groups excluding tert-OH is 1. The minimum absolute atomic E-state index is 0.0509. The summed E-state index contributed by atoms with van der Waals surface area (Å²) in [6.45, 7) is 3.59. The number of aryl methyl sites for hydroxylation is 2. The number of aromatic nitrogens is 3. The van der Waals surface area contributed by atoms with Crippen molar-refractivity contribution < 1.29 is 5.11 Å². The maximum absolute atomic E-state index is 12.1. The first-order valence-electron chi connectivity index (χ1n) is 4.93. The zero-order valence-electron chi connectivity index (χ0n) is 9.04. The second kappa shape index (κ2) is 4.03. The van der Waals surface area contributed by atoms with E-state index < -0.39 is 0 Å². The van der Waals surface area contributed by atoms with Crippen LogP contribution in [0.3, 0.4) is 0 Å². The Balaban J connectivity index is 2.84. The highest BCUT2D eigenvalue weighted by atomic mass is 79.9. The van der Waals surface area contributed by atoms with Crippen molar-refractivity contribution in [1.82, 2.24) is 14.6 Å². The predicted molar refractivity (Wildman–Crippen MR) is 63.8 cm³/mol. The summed E-state index contributed by atoms with van der Waals surface area (Å²) in [5, 5.41) is 11.8. The van der Waals surface area contributed by atoms with E-state index in [4.69, 9.17) is 5.11 Å². The SMILES string of the molecule is Cc1nc2c(Br)c(C)[nH]n2c(=O)c1CCO. The van der Waals surface area contributed by atoms with Gasteiger partial charge in [-0.2, -0.15) is 0 Å². The third-order valence-corrected chi connectivity index (χ3v) is 3.50. The lowest BCUT2D eigenvalue weighted by Crippen LogP contribution is -2.22. The van der Waals surface area contributed by atoms with Gasteiger partial charge in [-0.15, -0.1) is 0 Å². The molecule has 0 aliphatic heterocycles. The molecule has 2 aromatic heterocycles. The van der Waals surface area contributed by atoms with E-state index in [1.165, 1.54) is 4.52 Å². The highest BCUT2D eigenvalue weighted by Gasteiger charge is 2.14. The van der Waals surface area contributed by atoms with Crippen LogP contribution in [0.2, 0.25) is 0 Å². The van der Waals surface area contributed by atoms with Crippen molar-refractivity contribution in [3.05, 3.63) is 31.8 Å². The summed E-state index contributed by atoms with van der Waals surface area (Å²) in [5.74, 6) is 0. The van der Waals surface area contributed by atoms with Crippen molar-refractivity contribution >= 4 is 21.6 Å². The quantitative estimate of drug-likeness (QED) is 0.863. The van der Waals surface area contributed by atoms with Crippen molar-refractivity contribution in [2.75, 3.05) is 6.61 Å². The maximum Gasteiger partial charge on any atom is 0.276 e. The van der Waals surface area contributed by atoms with Gasteiger partial charge in [0.1, 0.15) is 0 Å². The molecular formula is C10H12BrN3O2. The van der Waals surface area contributed by atoms with Gasteiger partial charge in [0.05, 0.1) is 4.47 Å². The molecule has 0 saturated heterocycles. The van der Waals surface area contributed by atoms with Gasteiger partial charge in [0.2, 0.25) is 0 Å². The van der Waals surface area contributed by atoms with E-state index >= 15 is 0 Å². The molecule has 6 heteroatoms. The number of rotatable bonds is 2. The molecule has 5 nitrogen and oxygen atoms in total. The van der Waals surface area contributed by atoms with Gasteiger partial charge < -0.3 is 5.11 Å². The topological polar surface area (TPSA) is 70.4 Å². The molecule has 0 atom stereocenters. The monoisotopic (exact) mass is 285 g/mol. The summed E-state index contributed by atoms with van der Waals surface area (Å²) >= 11 is 3.38. The Morgan fingerprint density at radius 1 is 1.50 bits per heavy atom. The molecule has 2 rings (SSSR count). The smallest absolute Gasteiger partial charge is 0.276 e. The van der Waals surface area contributed by atoms with Crippen molar-refractivity contribution in [2.24, 2.45) is 0 Å². The molecule has 0 saturated carbocycles. The maximum atomic E-state index is 12.1. The predicted octanol–water partition coefficient (Wildman–Crippen LogP) is 0.937. The highest BCUT2D eigenvalue weighted by Crippen LogP contribution is 2.19. The van der Waals surface area contributed by atoms with Crippen LogP contribution in [0.5, 0.6) is 0 Å². The van der Waals surface area contributed by atoms with Crippen molar-refractivity contribution in [3.8, 4) is 0 Å². The molecule has 0 amide bonds. The summed E-state index contributed by atoms with van der Waals surface area (Å²) in [7, 11) is 0. The highest BCUT2D eigenvalue weighted by molar-refractivity contribution is 9.10. The third-order valence-electron chi connectivity index (χ3n) is 2.55. The molecule has 0 aliphatic carbocycles. The molecule has 0 unspecified atom stereocenters. The average molecular weight is 286 g/mol. The summed E-state index contributed by atoms with van der Waals surface area (Å²) in [4.78, 5) is 16.4. The number of nitrogens with one attached hydrogen (secondary N) is 1. The average Bonchev–Trinajstić information content (AvgIpc) is 2.52. The first-order valence-corrected chi connectivity index (χ1v) is 5.72. The minimum Gasteiger partial charge on any atom is -0.396 e. The molecular weight excluding hydrogens is 274 g/mol. The number of nitrogens with zero attached hydrogens (tertiary/aromatic N) is 2. The Labute approximate surface area is 100 Å². The first-order chi connectivity index (χ1) is 7.56. The van der Waals surface area contributed by atoms with E-state index in [0.29, 0.717) is 23.3 Å². The number of aliphatic hydroxyl groups is 1. The number of H-pyrrole nitrogens is 1. The molecule has 86 valence electrons. The van der Waals surface area contributed by atoms with Crippen LogP contribution in [0, 0.1) is 13.8 Å². The summed E-state index contributed by atoms with van der Waals surface area (Å²) < 4.78 is 2.19. The van der Waals surface area contributed by atoms with Crippen LogP contribution in [0.15, 0.2) is 9.27 Å². The molecule has 0 bridgehead atoms. The van der Waals surface area contributed by atoms with Crippen LogP contribution >= 0.6 is 15.9 Å². The number of hydrogen-bond acceptors (Lipinski definition) is 3. The minimum atomic E-state index is -0.148. The van der Waals surface area contributed by atoms with Crippen LogP contribution in [0.25, 0.3) is 5.65 Å². The van der Waals surface area contributed by atoms with Gasteiger partial charge in [-0.25, -0.2) is 9.50 Å². The Hall–Kier alpha value is -1.14. The Morgan fingerprint density at radius 3 is 2.81 bits per heavy atom. The molecule has 0 fully saturated rings. The fourth-order valence-corrected chi connectivity index (χ4v) is 2.05. The number of aromatic amines is 1. The summed E-state index contributed by atoms with van der Waals surface area (Å²) in [5.41, 5.74) is 2.50. The van der Waals surface area contributed by atoms with Gasteiger partial charge in [-0.3, -0.25) is 9.89 Å². The lowest BCUT2D eigenvalue weighted by molar-refractivity contribution is 0.298. The third kappa shape index (κ3) is 1.58. The second-order valence-corrected chi connectivity index (χ2v) is 4.46. The van der Waals surface area contributed by atoms with E-state index in [9.17, 15) is 4.79 Å². The number of hydrogen-bond donors (Lipinski definition) is 2. The lowest BCUT2D eigenvalue weighted by Gasteiger charge is -2.03. The van der Waals surface area contributed by atoms with Crippen molar-refractivity contribution in [1.29, 1.82) is 0 Å². The molecule has 2 N–H and O–H groups in total. The van der Waals surface area contributed by atoms with Gasteiger partial charge in [0, 0.05) is 30.0 Å². The molecule has 2 aromatic rings. The molecule has 0 radical (unpaired) electrons. The largest absolute Gasteiger partial charge is 0.396 e. The van der Waals surface area contributed by atoms with E-state index in [-0.39, 0.29) is 12.2 Å². The molecule has 0 spiro atoms. The van der Waals surface area contributed by atoms with Crippen molar-refractivity contribution in [2.45, 2.75) is 20.3 Å². The molecule has 0 aromatic carbocycles. The van der Waals surface area contributed by atoms with E-state index in [1.54, 1.807) is 6.92 Å². The summed E-state index contributed by atoms with van der Waals surface area (Å²) in [6.07, 6.45) is 0.330. The van der Waals surface area contributed by atoms with Crippen LogP contribution in [0.4, 0.5) is 0 Å². The molecule has 0 aliphatic rings. The van der Waals surface area contributed by atoms with Gasteiger partial charge in [-0.1, -0.05) is 0 Å². The number of fused-ring (bicyclic) bond motifs is 1. The zero-order valence-corrected chi connectivity index (χ0v) is 10.6. The van der Waals surface area contributed by atoms with Gasteiger partial charge >= 0.3 is 0 Å². The van der Waals surface area contributed by atoms with Crippen LogP contribution in [-0.2, 0) is 6.42 Å². The molecule has 16 heavy (non-hydrogen) atoms. The zero-order chi connectivity index (χ0) is 11.9. The van der Waals surface area contributed by atoms with E-state index in [1.807, 2.05) is 6.92 Å². The Morgan fingerprint density at radius 2 is 2.19 bits per heavy atom. The van der Waals surface area contributed by atoms with Gasteiger partial charge in [0.25, 0.3) is 5.56 Å². The van der Waals surface area contributed by atoms with E-state index in [2.05, 4.69) is 26.0 Å². The van der Waals surface area contributed by atoms with Crippen LogP contribution in [0.1, 0.15) is 17.0 Å². The van der Waals surface area contributed by atoms with Gasteiger partial charge in [0.15, 0.2) is 5.65 Å². The normalized spacial score (nSPS) is 11.2. The first kappa shape index (κ1) is 11.3. The fraction of sp³-hybridized carbons (Fsp3) is 0.400. The van der Waals surface area contributed by atoms with Crippen molar-refractivity contribution in [3.63, 3.8) is 0 Å².